The van der Waals surface area contributed by atoms with E-state index in [1.807, 2.05) is 18.2 Å². The van der Waals surface area contributed by atoms with Gasteiger partial charge in [0.1, 0.15) is 11.9 Å². The van der Waals surface area contributed by atoms with Crippen molar-refractivity contribution in [3.8, 4) is 0 Å². The molecule has 90 valence electrons. The van der Waals surface area contributed by atoms with E-state index in [0.29, 0.717) is 5.69 Å². The van der Waals surface area contributed by atoms with Gasteiger partial charge in [-0.25, -0.2) is 4.98 Å². The molecule has 1 unspecified atom stereocenters. The average molecular weight is 231 g/mol. The Kier molecular flexibility index (Phi) is 2.01. The van der Waals surface area contributed by atoms with Gasteiger partial charge in [-0.15, -0.1) is 0 Å². The molecule has 1 aromatic heterocycles. The van der Waals surface area contributed by atoms with Gasteiger partial charge in [0.2, 0.25) is 0 Å². The minimum atomic E-state index is -0.555. The highest BCUT2D eigenvalue weighted by atomic mass is 16.3. The van der Waals surface area contributed by atoms with E-state index in [1.54, 1.807) is 6.92 Å². The van der Waals surface area contributed by atoms with Gasteiger partial charge in [0.25, 0.3) is 0 Å². The summed E-state index contributed by atoms with van der Waals surface area (Å²) in [6.07, 6.45) is 1.73. The van der Waals surface area contributed by atoms with Gasteiger partial charge in [-0.3, -0.25) is 0 Å². The van der Waals surface area contributed by atoms with Crippen LogP contribution in [0.25, 0.3) is 11.0 Å². The predicted octanol–water partition coefficient (Wildman–Crippen LogP) is 2.18. The zero-order valence-corrected chi connectivity index (χ0v) is 10.1. The van der Waals surface area contributed by atoms with Gasteiger partial charge in [0.05, 0.1) is 11.0 Å². The maximum atomic E-state index is 9.85. The lowest BCUT2D eigenvalue weighted by Crippen LogP contribution is -2.17. The summed E-state index contributed by atoms with van der Waals surface area (Å²) in [7, 11) is 0. The Hall–Kier alpha value is -1.55. The van der Waals surface area contributed by atoms with E-state index in [0.717, 1.165) is 29.7 Å². The summed E-state index contributed by atoms with van der Waals surface area (Å²) < 4.78 is 2.17. The van der Waals surface area contributed by atoms with Crippen LogP contribution >= 0.6 is 0 Å². The molecule has 3 rings (SSSR count). The monoisotopic (exact) mass is 231 g/mol. The van der Waals surface area contributed by atoms with Crippen LogP contribution in [0, 0.1) is 0 Å². The zero-order valence-electron chi connectivity index (χ0n) is 10.1. The third-order valence-corrected chi connectivity index (χ3v) is 3.59. The molecule has 2 aromatic rings. The first-order valence-corrected chi connectivity index (χ1v) is 5.98. The van der Waals surface area contributed by atoms with Crippen molar-refractivity contribution >= 4 is 16.7 Å². The molecule has 0 aliphatic heterocycles. The van der Waals surface area contributed by atoms with Gasteiger partial charge in [-0.2, -0.15) is 0 Å². The van der Waals surface area contributed by atoms with E-state index in [9.17, 15) is 5.11 Å². The van der Waals surface area contributed by atoms with Crippen LogP contribution < -0.4 is 5.73 Å². The molecule has 1 atom stereocenters. The standard InChI is InChI=1S/C13H17N3O/c1-8(17)12-15-10-7-9(14)3-4-11(10)16(12)13(2)5-6-13/h3-4,7-8,17H,5-6,14H2,1-2H3. The molecule has 17 heavy (non-hydrogen) atoms. The zero-order chi connectivity index (χ0) is 12.2. The van der Waals surface area contributed by atoms with E-state index < -0.39 is 6.10 Å². The SMILES string of the molecule is CC(O)c1nc2cc(N)ccc2n1C1(C)CC1. The van der Waals surface area contributed by atoms with Crippen LogP contribution in [0.2, 0.25) is 0 Å². The lowest BCUT2D eigenvalue weighted by atomic mass is 10.2. The minimum absolute atomic E-state index is 0.122. The maximum absolute atomic E-state index is 9.85. The number of imidazole rings is 1. The third kappa shape index (κ3) is 1.52. The summed E-state index contributed by atoms with van der Waals surface area (Å²) in [5.74, 6) is 0.741. The van der Waals surface area contributed by atoms with Gasteiger partial charge in [-0.1, -0.05) is 0 Å². The minimum Gasteiger partial charge on any atom is -0.399 e. The van der Waals surface area contributed by atoms with E-state index in [4.69, 9.17) is 5.73 Å². The molecule has 1 fully saturated rings. The van der Waals surface area contributed by atoms with Gasteiger partial charge in [0, 0.05) is 11.2 Å². The van der Waals surface area contributed by atoms with Crippen LogP contribution in [-0.4, -0.2) is 14.7 Å². The second kappa shape index (κ2) is 3.23. The molecule has 1 aliphatic rings. The number of nitrogens with two attached hydrogens (primary N) is 1. The third-order valence-electron chi connectivity index (χ3n) is 3.59. The molecule has 3 N–H and O–H groups in total. The summed E-state index contributed by atoms with van der Waals surface area (Å²) in [5, 5.41) is 9.85. The van der Waals surface area contributed by atoms with Crippen molar-refractivity contribution in [3.63, 3.8) is 0 Å². The normalized spacial score (nSPS) is 19.5. The Morgan fingerprint density at radius 2 is 2.18 bits per heavy atom. The van der Waals surface area contributed by atoms with Crippen LogP contribution in [0.15, 0.2) is 18.2 Å². The van der Waals surface area contributed by atoms with Crippen molar-refractivity contribution < 1.29 is 5.11 Å². The van der Waals surface area contributed by atoms with Crippen molar-refractivity contribution in [2.75, 3.05) is 5.73 Å². The summed E-state index contributed by atoms with van der Waals surface area (Å²) in [6, 6.07) is 5.74. The largest absolute Gasteiger partial charge is 0.399 e. The number of nitrogens with zero attached hydrogens (tertiary/aromatic N) is 2. The highest BCUT2D eigenvalue weighted by Crippen LogP contribution is 2.46. The van der Waals surface area contributed by atoms with Crippen LogP contribution in [0.4, 0.5) is 5.69 Å². The van der Waals surface area contributed by atoms with Crippen LogP contribution in [0.1, 0.15) is 38.6 Å². The summed E-state index contributed by atoms with van der Waals surface area (Å²) in [4.78, 5) is 4.51. The van der Waals surface area contributed by atoms with Gasteiger partial charge in [0.15, 0.2) is 0 Å². The topological polar surface area (TPSA) is 64.1 Å². The predicted molar refractivity (Wildman–Crippen MR) is 67.7 cm³/mol. The number of fused-ring (bicyclic) bond motifs is 1. The van der Waals surface area contributed by atoms with Crippen LogP contribution in [0.5, 0.6) is 0 Å². The summed E-state index contributed by atoms with van der Waals surface area (Å²) in [5.41, 5.74) is 8.54. The molecule has 1 heterocycles. The summed E-state index contributed by atoms with van der Waals surface area (Å²) in [6.45, 7) is 3.96. The highest BCUT2D eigenvalue weighted by molar-refractivity contribution is 5.80. The van der Waals surface area contributed by atoms with Gasteiger partial charge in [-0.05, 0) is 44.9 Å². The van der Waals surface area contributed by atoms with Crippen molar-refractivity contribution in [1.82, 2.24) is 9.55 Å². The lowest BCUT2D eigenvalue weighted by molar-refractivity contribution is 0.181. The number of aliphatic hydroxyl groups is 1. The highest BCUT2D eigenvalue weighted by Gasteiger charge is 2.42. The van der Waals surface area contributed by atoms with Gasteiger partial charge < -0.3 is 15.4 Å². The van der Waals surface area contributed by atoms with Crippen molar-refractivity contribution in [3.05, 3.63) is 24.0 Å². The Morgan fingerprint density at radius 3 is 2.76 bits per heavy atom. The molecular weight excluding hydrogens is 214 g/mol. The second-order valence-electron chi connectivity index (χ2n) is 5.23. The molecule has 0 amide bonds. The number of anilines is 1. The molecule has 4 nitrogen and oxygen atoms in total. The number of hydrogen-bond donors (Lipinski definition) is 2. The van der Waals surface area contributed by atoms with E-state index in [2.05, 4.69) is 16.5 Å². The fraction of sp³-hybridized carbons (Fsp3) is 0.462. The molecule has 0 radical (unpaired) electrons. The first kappa shape index (κ1) is 10.6. The fourth-order valence-corrected chi connectivity index (χ4v) is 2.37. The number of rotatable bonds is 2. The number of aromatic nitrogens is 2. The number of hydrogen-bond acceptors (Lipinski definition) is 3. The van der Waals surface area contributed by atoms with E-state index in [1.165, 1.54) is 0 Å². The Labute approximate surface area is 100 Å². The Morgan fingerprint density at radius 1 is 1.47 bits per heavy atom. The van der Waals surface area contributed by atoms with Crippen LogP contribution in [-0.2, 0) is 5.54 Å². The molecule has 0 spiro atoms. The number of aliphatic hydroxyl groups excluding tert-OH is 1. The number of benzene rings is 1. The molecule has 1 aromatic carbocycles. The molecular formula is C13H17N3O. The molecule has 0 saturated heterocycles. The van der Waals surface area contributed by atoms with Crippen molar-refractivity contribution in [1.29, 1.82) is 0 Å². The van der Waals surface area contributed by atoms with Crippen LogP contribution in [0.3, 0.4) is 0 Å². The molecule has 0 bridgehead atoms. The Bertz CT molecular complexity index is 582. The van der Waals surface area contributed by atoms with E-state index in [-0.39, 0.29) is 5.54 Å². The first-order chi connectivity index (χ1) is 8.01. The van der Waals surface area contributed by atoms with Crippen molar-refractivity contribution in [2.45, 2.75) is 38.3 Å². The molecule has 1 aliphatic carbocycles. The van der Waals surface area contributed by atoms with Gasteiger partial charge >= 0.3 is 0 Å². The first-order valence-electron chi connectivity index (χ1n) is 5.98. The Balaban J connectivity index is 2.32. The van der Waals surface area contributed by atoms with E-state index >= 15 is 0 Å². The lowest BCUT2D eigenvalue weighted by Gasteiger charge is -2.17. The second-order valence-corrected chi connectivity index (χ2v) is 5.23. The molecule has 1 saturated carbocycles. The summed E-state index contributed by atoms with van der Waals surface area (Å²) >= 11 is 0. The smallest absolute Gasteiger partial charge is 0.139 e. The average Bonchev–Trinajstić information content (AvgIpc) is 2.88. The van der Waals surface area contributed by atoms with Crippen molar-refractivity contribution in [2.24, 2.45) is 0 Å². The molecule has 4 heteroatoms. The fourth-order valence-electron chi connectivity index (χ4n) is 2.37. The quantitative estimate of drug-likeness (QED) is 0.779. The maximum Gasteiger partial charge on any atom is 0.139 e. The number of nitrogen functional groups attached to an aromatic ring is 1.